The van der Waals surface area contributed by atoms with Gasteiger partial charge in [-0.15, -0.1) is 5.10 Å². The van der Waals surface area contributed by atoms with Crippen molar-refractivity contribution in [1.82, 2.24) is 19.9 Å². The predicted molar refractivity (Wildman–Crippen MR) is 62.4 cm³/mol. The van der Waals surface area contributed by atoms with E-state index in [0.29, 0.717) is 13.1 Å². The van der Waals surface area contributed by atoms with Gasteiger partial charge in [0.25, 0.3) is 5.91 Å². The first-order chi connectivity index (χ1) is 9.06. The molecule has 3 N–H and O–H groups in total. The normalized spacial score (nSPS) is 17.1. The Morgan fingerprint density at radius 1 is 1.63 bits per heavy atom. The lowest BCUT2D eigenvalue weighted by Crippen LogP contribution is -2.55. The first-order valence-corrected chi connectivity index (χ1v) is 5.73. The third-order valence-corrected chi connectivity index (χ3v) is 3.05. The van der Waals surface area contributed by atoms with Gasteiger partial charge in [0, 0.05) is 26.7 Å². The predicted octanol–water partition coefficient (Wildman–Crippen LogP) is -1.67. The van der Waals surface area contributed by atoms with E-state index in [4.69, 9.17) is 15.6 Å². The van der Waals surface area contributed by atoms with Crippen LogP contribution in [-0.2, 0) is 9.53 Å². The number of carboxylic acid groups (broad SMARTS) is 1. The molecule has 1 aromatic heterocycles. The van der Waals surface area contributed by atoms with Gasteiger partial charge >= 0.3 is 5.97 Å². The lowest BCUT2D eigenvalue weighted by molar-refractivity contribution is -0.147. The van der Waals surface area contributed by atoms with Crippen LogP contribution in [0.1, 0.15) is 16.5 Å². The maximum absolute atomic E-state index is 11.9. The van der Waals surface area contributed by atoms with E-state index in [-0.39, 0.29) is 24.2 Å². The molecule has 1 amide bonds. The molecule has 0 radical (unpaired) electrons. The fraction of sp³-hybridized carbons (Fsp3) is 0.600. The molecule has 1 aliphatic rings. The van der Waals surface area contributed by atoms with Gasteiger partial charge < -0.3 is 20.5 Å². The molecule has 0 aromatic carbocycles. The Morgan fingerprint density at radius 2 is 2.32 bits per heavy atom. The van der Waals surface area contributed by atoms with Crippen LogP contribution in [0.3, 0.4) is 0 Å². The molecule has 104 valence electrons. The average Bonchev–Trinajstić information content (AvgIpc) is 2.78. The second-order valence-electron chi connectivity index (χ2n) is 4.25. The number of methoxy groups -OCH3 is 1. The number of nitrogens with zero attached hydrogens (tertiary/aromatic N) is 4. The van der Waals surface area contributed by atoms with Crippen LogP contribution in [0.15, 0.2) is 6.20 Å². The molecule has 1 fully saturated rings. The lowest BCUT2D eigenvalue weighted by atomic mass is 10.1. The number of ether oxygens (including phenoxy) is 1. The molecule has 0 bridgehead atoms. The van der Waals surface area contributed by atoms with E-state index in [9.17, 15) is 9.59 Å². The second kappa shape index (κ2) is 5.33. The minimum atomic E-state index is -1.12. The first-order valence-electron chi connectivity index (χ1n) is 5.73. The molecule has 1 aromatic rings. The molecule has 1 unspecified atom stereocenters. The Morgan fingerprint density at radius 3 is 2.79 bits per heavy atom. The van der Waals surface area contributed by atoms with E-state index in [0.717, 1.165) is 0 Å². The number of nitrogens with two attached hydrogens (primary N) is 1. The van der Waals surface area contributed by atoms with Crippen molar-refractivity contribution in [1.29, 1.82) is 0 Å². The van der Waals surface area contributed by atoms with Gasteiger partial charge in [-0.2, -0.15) is 0 Å². The van der Waals surface area contributed by atoms with Crippen molar-refractivity contribution in [3.8, 4) is 0 Å². The smallest absolute Gasteiger partial charge is 0.358 e. The average molecular weight is 269 g/mol. The zero-order valence-corrected chi connectivity index (χ0v) is 10.4. The molecule has 9 nitrogen and oxygen atoms in total. The van der Waals surface area contributed by atoms with E-state index < -0.39 is 12.1 Å². The Labute approximate surface area is 108 Å². The summed E-state index contributed by atoms with van der Waals surface area (Å²) in [4.78, 5) is 24.1. The van der Waals surface area contributed by atoms with E-state index in [1.54, 1.807) is 4.90 Å². The quantitative estimate of drug-likeness (QED) is 0.655. The number of carbonyl (C=O) groups excluding carboxylic acids is 1. The summed E-state index contributed by atoms with van der Waals surface area (Å²) in [5, 5.41) is 16.0. The second-order valence-corrected chi connectivity index (χ2v) is 4.25. The molecule has 1 saturated heterocycles. The minimum absolute atomic E-state index is 0.0557. The number of hydrogen-bond acceptors (Lipinski definition) is 6. The summed E-state index contributed by atoms with van der Waals surface area (Å²) in [5.74, 6) is -1.29. The summed E-state index contributed by atoms with van der Waals surface area (Å²) < 4.78 is 6.42. The number of hydrogen-bond donors (Lipinski definition) is 2. The van der Waals surface area contributed by atoms with Crippen LogP contribution in [0.4, 0.5) is 0 Å². The number of aromatic carboxylic acids is 1. The number of likely N-dealkylation sites (tertiary alicyclic amines) is 1. The first kappa shape index (κ1) is 13.4. The van der Waals surface area contributed by atoms with Gasteiger partial charge in [-0.3, -0.25) is 4.79 Å². The van der Waals surface area contributed by atoms with Crippen molar-refractivity contribution in [2.75, 3.05) is 26.7 Å². The molecule has 1 aliphatic heterocycles. The van der Waals surface area contributed by atoms with Crippen LogP contribution >= 0.6 is 0 Å². The number of carboxylic acids is 1. The van der Waals surface area contributed by atoms with Gasteiger partial charge in [0.15, 0.2) is 5.69 Å². The van der Waals surface area contributed by atoms with Gasteiger partial charge in [0.05, 0.1) is 12.2 Å². The molecule has 1 atom stereocenters. The fourth-order valence-corrected chi connectivity index (χ4v) is 1.86. The highest BCUT2D eigenvalue weighted by Crippen LogP contribution is 2.21. The van der Waals surface area contributed by atoms with Crippen LogP contribution in [0.2, 0.25) is 0 Å². The molecular weight excluding hydrogens is 254 g/mol. The standard InChI is InChI=1S/C10H15N5O4/c1-19-8(2-11)9(16)14-3-6(4-14)15-5-7(10(17)18)12-13-15/h5-6,8H,2-4,11H2,1H3,(H,17,18). The van der Waals surface area contributed by atoms with Gasteiger partial charge in [0.2, 0.25) is 0 Å². The maximum atomic E-state index is 11.9. The monoisotopic (exact) mass is 269 g/mol. The van der Waals surface area contributed by atoms with Crippen molar-refractivity contribution in [3.63, 3.8) is 0 Å². The van der Waals surface area contributed by atoms with Crippen LogP contribution in [0, 0.1) is 0 Å². The van der Waals surface area contributed by atoms with E-state index in [1.807, 2.05) is 0 Å². The van der Waals surface area contributed by atoms with Gasteiger partial charge in [-0.1, -0.05) is 5.21 Å². The highest BCUT2D eigenvalue weighted by Gasteiger charge is 2.36. The third-order valence-electron chi connectivity index (χ3n) is 3.05. The third kappa shape index (κ3) is 2.56. The van der Waals surface area contributed by atoms with E-state index in [1.165, 1.54) is 18.0 Å². The molecule has 0 saturated carbocycles. The molecule has 2 heterocycles. The summed E-state index contributed by atoms with van der Waals surface area (Å²) in [7, 11) is 1.43. The summed E-state index contributed by atoms with van der Waals surface area (Å²) >= 11 is 0. The lowest BCUT2D eigenvalue weighted by Gasteiger charge is -2.40. The van der Waals surface area contributed by atoms with Crippen LogP contribution in [0.5, 0.6) is 0 Å². The molecule has 0 spiro atoms. The molecule has 2 rings (SSSR count). The topological polar surface area (TPSA) is 124 Å². The van der Waals surface area contributed by atoms with E-state index in [2.05, 4.69) is 10.3 Å². The zero-order valence-electron chi connectivity index (χ0n) is 10.4. The van der Waals surface area contributed by atoms with Gasteiger partial charge in [0.1, 0.15) is 6.10 Å². The Hall–Kier alpha value is -2.00. The van der Waals surface area contributed by atoms with Crippen molar-refractivity contribution in [2.24, 2.45) is 5.73 Å². The molecule has 0 aliphatic carbocycles. The summed E-state index contributed by atoms with van der Waals surface area (Å²) in [6.45, 7) is 1.02. The SMILES string of the molecule is COC(CN)C(=O)N1CC(n2cc(C(=O)O)nn2)C1. The number of carbonyl (C=O) groups is 2. The maximum Gasteiger partial charge on any atom is 0.358 e. The van der Waals surface area contributed by atoms with Crippen LogP contribution in [0.25, 0.3) is 0 Å². The highest BCUT2D eigenvalue weighted by atomic mass is 16.5. The van der Waals surface area contributed by atoms with Crippen molar-refractivity contribution in [3.05, 3.63) is 11.9 Å². The van der Waals surface area contributed by atoms with E-state index >= 15 is 0 Å². The Bertz CT molecular complexity index is 478. The largest absolute Gasteiger partial charge is 0.476 e. The summed E-state index contributed by atoms with van der Waals surface area (Å²) in [5.41, 5.74) is 5.31. The molecule has 9 heteroatoms. The van der Waals surface area contributed by atoms with Crippen LogP contribution < -0.4 is 5.73 Å². The Balaban J connectivity index is 1.92. The minimum Gasteiger partial charge on any atom is -0.476 e. The molecular formula is C10H15N5O4. The number of aromatic nitrogens is 3. The Kier molecular flexibility index (Phi) is 3.76. The fourth-order valence-electron chi connectivity index (χ4n) is 1.86. The number of rotatable bonds is 5. The summed E-state index contributed by atoms with van der Waals surface area (Å²) in [6.07, 6.45) is 0.720. The van der Waals surface area contributed by atoms with Crippen molar-refractivity contribution >= 4 is 11.9 Å². The van der Waals surface area contributed by atoms with Crippen LogP contribution in [-0.4, -0.2) is 69.7 Å². The van der Waals surface area contributed by atoms with Crippen molar-refractivity contribution < 1.29 is 19.4 Å². The van der Waals surface area contributed by atoms with Crippen molar-refractivity contribution in [2.45, 2.75) is 12.1 Å². The molecule has 19 heavy (non-hydrogen) atoms. The van der Waals surface area contributed by atoms with Gasteiger partial charge in [-0.25, -0.2) is 9.48 Å². The highest BCUT2D eigenvalue weighted by molar-refractivity contribution is 5.84. The summed E-state index contributed by atoms with van der Waals surface area (Å²) in [6, 6.07) is -0.0557. The number of amides is 1. The van der Waals surface area contributed by atoms with Gasteiger partial charge in [-0.05, 0) is 0 Å². The zero-order chi connectivity index (χ0) is 14.0.